The molecule has 0 saturated heterocycles. The number of aromatic nitrogens is 1. The van der Waals surface area contributed by atoms with E-state index in [0.717, 1.165) is 5.56 Å². The molecule has 8 heteroatoms. The zero-order valence-corrected chi connectivity index (χ0v) is 13.4. The first-order chi connectivity index (χ1) is 10.0. The van der Waals surface area contributed by atoms with Crippen molar-refractivity contribution in [2.75, 3.05) is 16.3 Å². The predicted octanol–water partition coefficient (Wildman–Crippen LogP) is 1.88. The normalized spacial score (nSPS) is 14.1. The van der Waals surface area contributed by atoms with Gasteiger partial charge < -0.3 is 5.43 Å². The van der Waals surface area contributed by atoms with E-state index in [1.165, 1.54) is 16.6 Å². The minimum atomic E-state index is -3.72. The molecule has 3 N–H and O–H groups in total. The lowest BCUT2D eigenvalue weighted by Gasteiger charge is -2.20. The van der Waals surface area contributed by atoms with Crippen LogP contribution in [0.4, 0.5) is 11.5 Å². The molecule has 1 aliphatic heterocycles. The number of hydrazine groups is 1. The zero-order valence-electron chi connectivity index (χ0n) is 11.0. The minimum absolute atomic E-state index is 0.0519. The number of hydrogen-bond acceptors (Lipinski definition) is 5. The number of anilines is 2. The van der Waals surface area contributed by atoms with Gasteiger partial charge in [0.05, 0.1) is 5.69 Å². The topological polar surface area (TPSA) is 88.3 Å². The van der Waals surface area contributed by atoms with E-state index in [9.17, 15) is 8.42 Å². The summed E-state index contributed by atoms with van der Waals surface area (Å²) in [5.41, 5.74) is 4.07. The average Bonchev–Trinajstić information content (AvgIpc) is 2.92. The highest BCUT2D eigenvalue weighted by atomic mass is 79.9. The first kappa shape index (κ1) is 14.3. The van der Waals surface area contributed by atoms with Crippen molar-refractivity contribution in [2.24, 2.45) is 5.84 Å². The van der Waals surface area contributed by atoms with Crippen LogP contribution in [0.3, 0.4) is 0 Å². The van der Waals surface area contributed by atoms with Crippen LogP contribution in [0.5, 0.6) is 0 Å². The van der Waals surface area contributed by atoms with Crippen LogP contribution in [0.15, 0.2) is 45.9 Å². The van der Waals surface area contributed by atoms with Crippen molar-refractivity contribution in [1.29, 1.82) is 0 Å². The second-order valence-corrected chi connectivity index (χ2v) is 7.35. The molecule has 0 radical (unpaired) electrons. The van der Waals surface area contributed by atoms with Gasteiger partial charge in [-0.2, -0.15) is 0 Å². The number of sulfonamides is 1. The Morgan fingerprint density at radius 3 is 2.86 bits per heavy atom. The van der Waals surface area contributed by atoms with Gasteiger partial charge in [-0.1, -0.05) is 18.2 Å². The number of nitrogen functional groups attached to an aromatic ring is 1. The molecule has 6 nitrogen and oxygen atoms in total. The maximum absolute atomic E-state index is 12.9. The van der Waals surface area contributed by atoms with Crippen LogP contribution in [0, 0.1) is 0 Å². The van der Waals surface area contributed by atoms with Gasteiger partial charge in [0.2, 0.25) is 0 Å². The third-order valence-corrected chi connectivity index (χ3v) is 5.63. The van der Waals surface area contributed by atoms with Crippen LogP contribution in [-0.4, -0.2) is 19.9 Å². The van der Waals surface area contributed by atoms with Gasteiger partial charge >= 0.3 is 0 Å². The number of rotatable bonds is 3. The number of nitrogens with zero attached hydrogens (tertiary/aromatic N) is 2. The fourth-order valence-electron chi connectivity index (χ4n) is 2.40. The maximum Gasteiger partial charge on any atom is 0.268 e. The third-order valence-electron chi connectivity index (χ3n) is 3.37. The molecular weight excluding hydrogens is 356 g/mol. The molecule has 0 fully saturated rings. The van der Waals surface area contributed by atoms with Crippen molar-refractivity contribution in [1.82, 2.24) is 4.98 Å². The molecule has 0 unspecified atom stereocenters. The Hall–Kier alpha value is -1.64. The van der Waals surface area contributed by atoms with E-state index >= 15 is 0 Å². The highest BCUT2D eigenvalue weighted by molar-refractivity contribution is 9.10. The number of halogens is 1. The van der Waals surface area contributed by atoms with Gasteiger partial charge in [0.25, 0.3) is 10.0 Å². The van der Waals surface area contributed by atoms with Crippen LogP contribution in [0.25, 0.3) is 0 Å². The SMILES string of the molecule is NNc1ncc(Br)cc1S(=O)(=O)N1CCc2ccccc21. The van der Waals surface area contributed by atoms with E-state index in [2.05, 4.69) is 26.3 Å². The average molecular weight is 369 g/mol. The Morgan fingerprint density at radius 1 is 1.33 bits per heavy atom. The highest BCUT2D eigenvalue weighted by Gasteiger charge is 2.32. The lowest BCUT2D eigenvalue weighted by Crippen LogP contribution is -2.30. The summed E-state index contributed by atoms with van der Waals surface area (Å²) in [5.74, 6) is 5.51. The fraction of sp³-hybridized carbons (Fsp3) is 0.154. The number of benzene rings is 1. The Balaban J connectivity index is 2.13. The van der Waals surface area contributed by atoms with E-state index in [1.54, 1.807) is 6.07 Å². The summed E-state index contributed by atoms with van der Waals surface area (Å²) >= 11 is 3.24. The van der Waals surface area contributed by atoms with Crippen molar-refractivity contribution in [2.45, 2.75) is 11.3 Å². The molecule has 2 aromatic rings. The minimum Gasteiger partial charge on any atom is -0.307 e. The lowest BCUT2D eigenvalue weighted by molar-refractivity contribution is 0.592. The Kier molecular flexibility index (Phi) is 3.60. The van der Waals surface area contributed by atoms with Crippen molar-refractivity contribution < 1.29 is 8.42 Å². The molecule has 3 rings (SSSR count). The number of hydrogen-bond donors (Lipinski definition) is 2. The molecule has 1 aromatic carbocycles. The quantitative estimate of drug-likeness (QED) is 0.637. The Bertz CT molecular complexity index is 795. The van der Waals surface area contributed by atoms with Crippen LogP contribution >= 0.6 is 15.9 Å². The van der Waals surface area contributed by atoms with E-state index in [-0.39, 0.29) is 10.7 Å². The molecule has 0 bridgehead atoms. The smallest absolute Gasteiger partial charge is 0.268 e. The van der Waals surface area contributed by atoms with Crippen molar-refractivity contribution in [3.8, 4) is 0 Å². The summed E-state index contributed by atoms with van der Waals surface area (Å²) in [6.45, 7) is 0.415. The summed E-state index contributed by atoms with van der Waals surface area (Å²) in [6.07, 6.45) is 2.19. The second-order valence-electron chi connectivity index (χ2n) is 4.60. The highest BCUT2D eigenvalue weighted by Crippen LogP contribution is 2.34. The number of fused-ring (bicyclic) bond motifs is 1. The van der Waals surface area contributed by atoms with E-state index < -0.39 is 10.0 Å². The van der Waals surface area contributed by atoms with E-state index in [4.69, 9.17) is 5.84 Å². The van der Waals surface area contributed by atoms with Crippen molar-refractivity contribution >= 4 is 37.5 Å². The molecule has 110 valence electrons. The zero-order chi connectivity index (χ0) is 15.0. The second kappa shape index (κ2) is 5.28. The lowest BCUT2D eigenvalue weighted by atomic mass is 10.2. The molecule has 0 atom stereocenters. The summed E-state index contributed by atoms with van der Waals surface area (Å²) in [7, 11) is -3.72. The summed E-state index contributed by atoms with van der Waals surface area (Å²) in [4.78, 5) is 4.05. The van der Waals surface area contributed by atoms with Crippen LogP contribution in [0.2, 0.25) is 0 Å². The first-order valence-corrected chi connectivity index (χ1v) is 8.50. The molecule has 1 aliphatic rings. The fourth-order valence-corrected chi connectivity index (χ4v) is 4.52. The molecule has 0 amide bonds. The Labute approximate surface area is 131 Å². The molecule has 0 aliphatic carbocycles. The van der Waals surface area contributed by atoms with Gasteiger partial charge in [0, 0.05) is 17.2 Å². The van der Waals surface area contributed by atoms with Crippen molar-refractivity contribution in [3.63, 3.8) is 0 Å². The maximum atomic E-state index is 12.9. The molecule has 1 aromatic heterocycles. The first-order valence-electron chi connectivity index (χ1n) is 6.27. The molecule has 0 saturated carbocycles. The number of para-hydroxylation sites is 1. The number of nitrogens with one attached hydrogen (secondary N) is 1. The summed E-state index contributed by atoms with van der Waals surface area (Å²) in [5, 5.41) is 0. The van der Waals surface area contributed by atoms with Gasteiger partial charge in [0.1, 0.15) is 4.90 Å². The van der Waals surface area contributed by atoms with Crippen LogP contribution in [-0.2, 0) is 16.4 Å². The van der Waals surface area contributed by atoms with Gasteiger partial charge in [-0.25, -0.2) is 19.2 Å². The number of nitrogens with two attached hydrogens (primary N) is 1. The molecule has 2 heterocycles. The predicted molar refractivity (Wildman–Crippen MR) is 84.4 cm³/mol. The van der Waals surface area contributed by atoms with Gasteiger partial charge in [-0.05, 0) is 40.0 Å². The monoisotopic (exact) mass is 368 g/mol. The molecular formula is C13H13BrN4O2S. The van der Waals surface area contributed by atoms with Gasteiger partial charge in [-0.15, -0.1) is 0 Å². The summed E-state index contributed by atoms with van der Waals surface area (Å²) < 4.78 is 27.8. The third kappa shape index (κ3) is 2.39. The van der Waals surface area contributed by atoms with E-state index in [1.807, 2.05) is 18.2 Å². The standard InChI is InChI=1S/C13H13BrN4O2S/c14-10-7-12(13(17-15)16-8-10)21(19,20)18-6-5-9-3-1-2-4-11(9)18/h1-4,7-8H,5-6,15H2,(H,16,17). The Morgan fingerprint density at radius 2 is 2.10 bits per heavy atom. The molecule has 0 spiro atoms. The number of pyridine rings is 1. The summed E-state index contributed by atoms with van der Waals surface area (Å²) in [6, 6.07) is 8.97. The van der Waals surface area contributed by atoms with Crippen LogP contribution in [0.1, 0.15) is 5.56 Å². The largest absolute Gasteiger partial charge is 0.307 e. The van der Waals surface area contributed by atoms with Crippen LogP contribution < -0.4 is 15.6 Å². The van der Waals surface area contributed by atoms with Gasteiger partial charge in [0.15, 0.2) is 5.82 Å². The van der Waals surface area contributed by atoms with Crippen molar-refractivity contribution in [3.05, 3.63) is 46.6 Å². The molecule has 21 heavy (non-hydrogen) atoms. The van der Waals surface area contributed by atoms with E-state index in [0.29, 0.717) is 23.1 Å². The van der Waals surface area contributed by atoms with Gasteiger partial charge in [-0.3, -0.25) is 4.31 Å².